The van der Waals surface area contributed by atoms with E-state index in [1.54, 1.807) is 12.1 Å². The maximum absolute atomic E-state index is 11.8. The molecule has 2 aromatic rings. The zero-order chi connectivity index (χ0) is 26.1. The number of non-ortho nitro benzene ring substituents is 1. The first-order chi connectivity index (χ1) is 16.6. The van der Waals surface area contributed by atoms with Gasteiger partial charge in [-0.15, -0.1) is 16.8 Å². The van der Waals surface area contributed by atoms with Gasteiger partial charge in [0.1, 0.15) is 11.4 Å². The van der Waals surface area contributed by atoms with Crippen LogP contribution in [0.4, 0.5) is 34.1 Å². The smallest absolute Gasteiger partial charge is 0.304 e. The van der Waals surface area contributed by atoms with E-state index < -0.39 is 27.1 Å². The van der Waals surface area contributed by atoms with Crippen LogP contribution in [-0.2, 0) is 4.79 Å². The summed E-state index contributed by atoms with van der Waals surface area (Å²) in [5.74, 6) is -0.0718. The first-order valence-corrected chi connectivity index (χ1v) is 10.7. The van der Waals surface area contributed by atoms with Crippen LogP contribution in [0.15, 0.2) is 51.6 Å². The Balaban J connectivity index is 2.67. The van der Waals surface area contributed by atoms with Crippen molar-refractivity contribution in [2.75, 3.05) is 30.4 Å². The Hall–Kier alpha value is -4.38. The van der Waals surface area contributed by atoms with Gasteiger partial charge in [0.15, 0.2) is 5.69 Å². The summed E-state index contributed by atoms with van der Waals surface area (Å²) in [5, 5.41) is 42.2. The molecule has 35 heavy (non-hydrogen) atoms. The highest BCUT2D eigenvalue weighted by atomic mass is 79.9. The molecule has 0 saturated heterocycles. The number of ether oxygens (including phenoxy) is 1. The van der Waals surface area contributed by atoms with Gasteiger partial charge in [-0.2, -0.15) is 5.26 Å². The van der Waals surface area contributed by atoms with E-state index in [1.165, 1.54) is 20.1 Å². The number of carbonyl (C=O) groups excluding carboxylic acids is 1. The number of azo groups is 1. The summed E-state index contributed by atoms with van der Waals surface area (Å²) in [6, 6.07) is 6.97. The molecule has 0 unspecified atom stereocenters. The number of hydrogen-bond donors (Lipinski definition) is 1. The molecule has 2 aromatic carbocycles. The lowest BCUT2D eigenvalue weighted by Crippen LogP contribution is -2.25. The van der Waals surface area contributed by atoms with Crippen LogP contribution in [0.2, 0.25) is 0 Å². The standard InChI is InChI=1S/C21H20BrN7O6/c1-4-7-27(8-5-6-23)18-11-16(24-13(2)30)17(12-20(18)35-3)25-26-21-15(22)9-14(28(31)32)10-19(21)29(33)34/h4,9-12H,1,5,7-8H2,2-3H3,(H,24,30). The van der Waals surface area contributed by atoms with Crippen LogP contribution in [0.25, 0.3) is 0 Å². The van der Waals surface area contributed by atoms with Crippen molar-refractivity contribution in [1.82, 2.24) is 0 Å². The number of amides is 1. The van der Waals surface area contributed by atoms with Crippen LogP contribution in [-0.4, -0.2) is 36.0 Å². The van der Waals surface area contributed by atoms with Crippen LogP contribution in [0.5, 0.6) is 5.75 Å². The molecule has 0 atom stereocenters. The minimum atomic E-state index is -0.813. The highest BCUT2D eigenvalue weighted by Crippen LogP contribution is 2.43. The van der Waals surface area contributed by atoms with Crippen molar-refractivity contribution in [1.29, 1.82) is 5.26 Å². The maximum atomic E-state index is 11.8. The summed E-state index contributed by atoms with van der Waals surface area (Å²) in [4.78, 5) is 34.6. The monoisotopic (exact) mass is 545 g/mol. The van der Waals surface area contributed by atoms with Gasteiger partial charge in [-0.3, -0.25) is 25.0 Å². The summed E-state index contributed by atoms with van der Waals surface area (Å²) in [6.45, 7) is 5.76. The molecule has 0 aromatic heterocycles. The maximum Gasteiger partial charge on any atom is 0.304 e. The average molecular weight is 546 g/mol. The molecule has 0 heterocycles. The predicted molar refractivity (Wildman–Crippen MR) is 132 cm³/mol. The molecule has 0 spiro atoms. The second-order valence-corrected chi connectivity index (χ2v) is 7.73. The van der Waals surface area contributed by atoms with Crippen LogP contribution in [0.3, 0.4) is 0 Å². The fourth-order valence-corrected chi connectivity index (χ4v) is 3.53. The molecule has 182 valence electrons. The van der Waals surface area contributed by atoms with Gasteiger partial charge in [0.25, 0.3) is 5.69 Å². The summed E-state index contributed by atoms with van der Waals surface area (Å²) in [6.07, 6.45) is 1.87. The molecule has 1 N–H and O–H groups in total. The number of nitrogens with zero attached hydrogens (tertiary/aromatic N) is 6. The van der Waals surface area contributed by atoms with E-state index in [2.05, 4.69) is 44.1 Å². The van der Waals surface area contributed by atoms with Gasteiger partial charge < -0.3 is 15.0 Å². The average Bonchev–Trinajstić information content (AvgIpc) is 2.80. The summed E-state index contributed by atoms with van der Waals surface area (Å²) < 4.78 is 5.45. The molecule has 13 nitrogen and oxygen atoms in total. The van der Waals surface area contributed by atoms with Crippen LogP contribution in [0.1, 0.15) is 13.3 Å². The fraction of sp³-hybridized carbons (Fsp3) is 0.238. The third kappa shape index (κ3) is 6.81. The topological polar surface area (TPSA) is 176 Å². The van der Waals surface area contributed by atoms with E-state index in [-0.39, 0.29) is 28.0 Å². The summed E-state index contributed by atoms with van der Waals surface area (Å²) in [5.41, 5.74) is -0.490. The molecule has 0 radical (unpaired) electrons. The number of nitro benzene ring substituents is 2. The van der Waals surface area contributed by atoms with E-state index in [0.717, 1.165) is 12.1 Å². The second-order valence-electron chi connectivity index (χ2n) is 6.87. The molecular weight excluding hydrogens is 526 g/mol. The molecule has 2 rings (SSSR count). The fourth-order valence-electron chi connectivity index (χ4n) is 3.01. The molecule has 0 aliphatic carbocycles. The van der Waals surface area contributed by atoms with Gasteiger partial charge in [-0.1, -0.05) is 6.08 Å². The van der Waals surface area contributed by atoms with Gasteiger partial charge >= 0.3 is 5.69 Å². The zero-order valence-electron chi connectivity index (χ0n) is 18.7. The van der Waals surface area contributed by atoms with Crippen molar-refractivity contribution in [2.24, 2.45) is 10.2 Å². The number of nitrogens with one attached hydrogen (secondary N) is 1. The predicted octanol–water partition coefficient (Wildman–Crippen LogP) is 5.55. The Morgan fingerprint density at radius 3 is 2.54 bits per heavy atom. The molecule has 0 bridgehead atoms. The Labute approximate surface area is 208 Å². The Bertz CT molecular complexity index is 1240. The third-order valence-electron chi connectivity index (χ3n) is 4.48. The first-order valence-electron chi connectivity index (χ1n) is 9.89. The number of rotatable bonds is 11. The number of methoxy groups -OCH3 is 1. The highest BCUT2D eigenvalue weighted by Gasteiger charge is 2.24. The third-order valence-corrected chi connectivity index (χ3v) is 5.09. The molecule has 0 fully saturated rings. The van der Waals surface area contributed by atoms with Gasteiger partial charge in [-0.25, -0.2) is 0 Å². The van der Waals surface area contributed by atoms with Crippen molar-refractivity contribution in [2.45, 2.75) is 13.3 Å². The number of halogens is 1. The van der Waals surface area contributed by atoms with Crippen LogP contribution < -0.4 is 15.0 Å². The Kier molecular flexibility index (Phi) is 9.36. The molecule has 0 saturated carbocycles. The van der Waals surface area contributed by atoms with Crippen molar-refractivity contribution < 1.29 is 19.4 Å². The lowest BCUT2D eigenvalue weighted by molar-refractivity contribution is -0.393. The van der Waals surface area contributed by atoms with E-state index in [0.29, 0.717) is 24.5 Å². The summed E-state index contributed by atoms with van der Waals surface area (Å²) in [7, 11) is 1.42. The second kappa shape index (κ2) is 12.2. The number of anilines is 2. The van der Waals surface area contributed by atoms with Crippen molar-refractivity contribution in [3.8, 4) is 11.8 Å². The Morgan fingerprint density at radius 2 is 2.00 bits per heavy atom. The molecule has 14 heteroatoms. The van der Waals surface area contributed by atoms with Crippen molar-refractivity contribution >= 4 is 56.0 Å². The normalized spacial score (nSPS) is 10.5. The lowest BCUT2D eigenvalue weighted by atomic mass is 10.2. The first kappa shape index (κ1) is 26.9. The molecular formula is C21H20BrN7O6. The van der Waals surface area contributed by atoms with Crippen LogP contribution in [0, 0.1) is 31.6 Å². The van der Waals surface area contributed by atoms with E-state index in [9.17, 15) is 25.0 Å². The van der Waals surface area contributed by atoms with Gasteiger partial charge in [0.05, 0.1) is 51.4 Å². The molecule has 1 amide bonds. The number of nitriles is 1. The quantitative estimate of drug-likeness (QED) is 0.165. The van der Waals surface area contributed by atoms with Gasteiger partial charge in [-0.05, 0) is 22.0 Å². The SMILES string of the molecule is C=CCN(CCC#N)c1cc(NC(C)=O)c(N=Nc2c(Br)cc([N+](=O)[O-])cc2[N+](=O)[O-])cc1OC. The van der Waals surface area contributed by atoms with E-state index in [1.807, 2.05) is 4.90 Å². The highest BCUT2D eigenvalue weighted by molar-refractivity contribution is 9.10. The van der Waals surface area contributed by atoms with Gasteiger partial charge in [0, 0.05) is 32.1 Å². The largest absolute Gasteiger partial charge is 0.494 e. The number of benzene rings is 2. The molecule has 0 aliphatic rings. The lowest BCUT2D eigenvalue weighted by Gasteiger charge is -2.25. The minimum absolute atomic E-state index is 0.0135. The van der Waals surface area contributed by atoms with E-state index >= 15 is 0 Å². The van der Waals surface area contributed by atoms with Crippen molar-refractivity contribution in [3.05, 3.63) is 61.6 Å². The zero-order valence-corrected chi connectivity index (χ0v) is 20.3. The number of carbonyl (C=O) groups is 1. The van der Waals surface area contributed by atoms with Crippen LogP contribution >= 0.6 is 15.9 Å². The van der Waals surface area contributed by atoms with E-state index in [4.69, 9.17) is 10.00 Å². The molecule has 0 aliphatic heterocycles. The number of hydrogen-bond acceptors (Lipinski definition) is 10. The van der Waals surface area contributed by atoms with Crippen molar-refractivity contribution in [3.63, 3.8) is 0 Å². The summed E-state index contributed by atoms with van der Waals surface area (Å²) >= 11 is 3.07. The minimum Gasteiger partial charge on any atom is -0.494 e. The number of nitro groups is 2. The van der Waals surface area contributed by atoms with Gasteiger partial charge in [0.2, 0.25) is 5.91 Å². The Morgan fingerprint density at radius 1 is 1.29 bits per heavy atom.